The van der Waals surface area contributed by atoms with E-state index in [4.69, 9.17) is 19.7 Å². The van der Waals surface area contributed by atoms with Crippen LogP contribution in [0.25, 0.3) is 16.9 Å². The summed E-state index contributed by atoms with van der Waals surface area (Å²) in [6, 6.07) is 1.42. The van der Waals surface area contributed by atoms with Gasteiger partial charge in [0.25, 0.3) is 0 Å². The minimum atomic E-state index is -0.506. The maximum Gasteiger partial charge on any atom is 0.250 e. The van der Waals surface area contributed by atoms with Gasteiger partial charge in [0.05, 0.1) is 49.8 Å². The van der Waals surface area contributed by atoms with Crippen molar-refractivity contribution in [3.05, 3.63) is 41.2 Å². The van der Waals surface area contributed by atoms with Crippen molar-refractivity contribution >= 4 is 0 Å². The zero-order valence-electron chi connectivity index (χ0n) is 20.3. The molecule has 9 heteroatoms. The lowest BCUT2D eigenvalue weighted by atomic mass is 10.0. The van der Waals surface area contributed by atoms with Crippen LogP contribution in [0.1, 0.15) is 36.2 Å². The van der Waals surface area contributed by atoms with Crippen molar-refractivity contribution in [1.29, 1.82) is 0 Å². The Morgan fingerprint density at radius 3 is 2.85 bits per heavy atom. The SMILES string of the molecule is COc1ncc(-n2nc(-c3cnn(CCCC4CCN(C)C4)c3C)c3c2CCOCC3)cc1F. The summed E-state index contributed by atoms with van der Waals surface area (Å²) in [5, 5.41) is 9.65. The summed E-state index contributed by atoms with van der Waals surface area (Å²) in [7, 11) is 3.61. The van der Waals surface area contributed by atoms with Gasteiger partial charge in [-0.15, -0.1) is 0 Å². The molecule has 0 amide bonds. The highest BCUT2D eigenvalue weighted by Crippen LogP contribution is 2.32. The fourth-order valence-electron chi connectivity index (χ4n) is 5.26. The molecule has 3 aromatic rings. The Balaban J connectivity index is 1.43. The van der Waals surface area contributed by atoms with Gasteiger partial charge in [0.1, 0.15) is 0 Å². The number of fused-ring (bicyclic) bond motifs is 1. The molecule has 0 saturated carbocycles. The highest BCUT2D eigenvalue weighted by Gasteiger charge is 2.25. The van der Waals surface area contributed by atoms with Gasteiger partial charge in [-0.25, -0.2) is 14.1 Å². The highest BCUT2D eigenvalue weighted by molar-refractivity contribution is 5.67. The number of likely N-dealkylation sites (tertiary alicyclic amines) is 1. The summed E-state index contributed by atoms with van der Waals surface area (Å²) in [6.07, 6.45) is 8.64. The van der Waals surface area contributed by atoms with Crippen LogP contribution in [-0.4, -0.2) is 69.9 Å². The molecule has 2 aliphatic heterocycles. The van der Waals surface area contributed by atoms with Crippen LogP contribution in [0, 0.1) is 18.7 Å². The Morgan fingerprint density at radius 2 is 2.09 bits per heavy atom. The standard InChI is InChI=1S/C25H33FN6O2/c1-17-21(15-28-31(17)9-4-5-18-6-10-30(2)16-18)24-20-7-11-34-12-8-23(20)32(29-24)19-13-22(26)25(33-3)27-14-19/h13-15,18H,4-12,16H2,1-3H3. The Bertz CT molecular complexity index is 1160. The molecule has 0 N–H and O–H groups in total. The fourth-order valence-corrected chi connectivity index (χ4v) is 5.26. The van der Waals surface area contributed by atoms with E-state index < -0.39 is 5.82 Å². The number of rotatable bonds is 7. The van der Waals surface area contributed by atoms with Crippen molar-refractivity contribution in [2.75, 3.05) is 40.5 Å². The van der Waals surface area contributed by atoms with Crippen molar-refractivity contribution in [2.45, 2.75) is 45.6 Å². The zero-order chi connectivity index (χ0) is 23.7. The number of halogens is 1. The maximum absolute atomic E-state index is 14.4. The fraction of sp³-hybridized carbons (Fsp3) is 0.560. The Kier molecular flexibility index (Phi) is 6.65. The summed E-state index contributed by atoms with van der Waals surface area (Å²) < 4.78 is 29.1. The molecule has 0 aliphatic carbocycles. The highest BCUT2D eigenvalue weighted by atomic mass is 19.1. The molecule has 1 unspecified atom stereocenters. The number of methoxy groups -OCH3 is 1. The third-order valence-corrected chi connectivity index (χ3v) is 7.13. The molecular weight excluding hydrogens is 435 g/mol. The lowest BCUT2D eigenvalue weighted by Gasteiger charge is -2.11. The van der Waals surface area contributed by atoms with Crippen molar-refractivity contribution in [3.8, 4) is 22.8 Å². The third-order valence-electron chi connectivity index (χ3n) is 7.13. The van der Waals surface area contributed by atoms with Crippen LogP contribution in [0.4, 0.5) is 4.39 Å². The molecule has 3 aromatic heterocycles. The van der Waals surface area contributed by atoms with E-state index in [9.17, 15) is 4.39 Å². The number of aromatic nitrogens is 5. The predicted octanol–water partition coefficient (Wildman–Crippen LogP) is 3.43. The zero-order valence-corrected chi connectivity index (χ0v) is 20.3. The molecule has 0 bridgehead atoms. The molecule has 0 aromatic carbocycles. The molecule has 0 spiro atoms. The predicted molar refractivity (Wildman–Crippen MR) is 127 cm³/mol. The number of aryl methyl sites for hydroxylation is 1. The maximum atomic E-state index is 14.4. The summed E-state index contributed by atoms with van der Waals surface area (Å²) in [6.45, 7) is 6.68. The first-order valence-electron chi connectivity index (χ1n) is 12.1. The molecule has 5 heterocycles. The van der Waals surface area contributed by atoms with Crippen LogP contribution >= 0.6 is 0 Å². The number of ether oxygens (including phenoxy) is 2. The molecule has 0 radical (unpaired) electrons. The second kappa shape index (κ2) is 9.84. The summed E-state index contributed by atoms with van der Waals surface area (Å²) in [5.74, 6) is 0.269. The summed E-state index contributed by atoms with van der Waals surface area (Å²) >= 11 is 0. The van der Waals surface area contributed by atoms with E-state index in [0.717, 1.165) is 53.5 Å². The first-order valence-corrected chi connectivity index (χ1v) is 12.1. The smallest absolute Gasteiger partial charge is 0.250 e. The number of hydrogen-bond donors (Lipinski definition) is 0. The molecule has 34 heavy (non-hydrogen) atoms. The van der Waals surface area contributed by atoms with Crippen molar-refractivity contribution < 1.29 is 13.9 Å². The Morgan fingerprint density at radius 1 is 1.24 bits per heavy atom. The lowest BCUT2D eigenvalue weighted by Crippen LogP contribution is -2.14. The first kappa shape index (κ1) is 23.0. The molecular formula is C25H33FN6O2. The van der Waals surface area contributed by atoms with Crippen LogP contribution in [0.15, 0.2) is 18.5 Å². The van der Waals surface area contributed by atoms with Crippen molar-refractivity contribution in [3.63, 3.8) is 0 Å². The van der Waals surface area contributed by atoms with Crippen LogP contribution in [-0.2, 0) is 24.1 Å². The van der Waals surface area contributed by atoms with Gasteiger partial charge in [-0.2, -0.15) is 10.2 Å². The van der Waals surface area contributed by atoms with Gasteiger partial charge in [-0.3, -0.25) is 4.68 Å². The average Bonchev–Trinajstić information content (AvgIpc) is 3.45. The molecule has 2 aliphatic rings. The van der Waals surface area contributed by atoms with E-state index in [-0.39, 0.29) is 5.88 Å². The van der Waals surface area contributed by atoms with Crippen LogP contribution in [0.5, 0.6) is 5.88 Å². The molecule has 5 rings (SSSR count). The van der Waals surface area contributed by atoms with E-state index >= 15 is 0 Å². The molecule has 1 fully saturated rings. The number of pyridine rings is 1. The molecule has 1 saturated heterocycles. The molecule has 1 atom stereocenters. The van der Waals surface area contributed by atoms with Gasteiger partial charge in [-0.05, 0) is 52.1 Å². The van der Waals surface area contributed by atoms with Gasteiger partial charge in [0, 0.05) is 42.4 Å². The first-order chi connectivity index (χ1) is 16.5. The number of hydrogen-bond acceptors (Lipinski definition) is 6. The topological polar surface area (TPSA) is 70.2 Å². The average molecular weight is 469 g/mol. The minimum Gasteiger partial charge on any atom is -0.479 e. The monoisotopic (exact) mass is 468 g/mol. The van der Waals surface area contributed by atoms with Gasteiger partial charge in [0.15, 0.2) is 5.82 Å². The lowest BCUT2D eigenvalue weighted by molar-refractivity contribution is 0.145. The Labute approximate surface area is 199 Å². The molecule has 182 valence electrons. The summed E-state index contributed by atoms with van der Waals surface area (Å²) in [5.41, 5.74) is 5.80. The van der Waals surface area contributed by atoms with Crippen LogP contribution in [0.3, 0.4) is 0 Å². The second-order valence-corrected chi connectivity index (χ2v) is 9.41. The van der Waals surface area contributed by atoms with Gasteiger partial charge < -0.3 is 14.4 Å². The van der Waals surface area contributed by atoms with Crippen molar-refractivity contribution in [1.82, 2.24) is 29.4 Å². The van der Waals surface area contributed by atoms with E-state index in [1.165, 1.54) is 39.1 Å². The van der Waals surface area contributed by atoms with E-state index in [0.29, 0.717) is 25.3 Å². The third kappa shape index (κ3) is 4.46. The minimum absolute atomic E-state index is 0.0214. The quantitative estimate of drug-likeness (QED) is 0.529. The van der Waals surface area contributed by atoms with E-state index in [2.05, 4.69) is 28.5 Å². The van der Waals surface area contributed by atoms with Gasteiger partial charge in [0.2, 0.25) is 5.88 Å². The number of nitrogens with zero attached hydrogens (tertiary/aromatic N) is 6. The van der Waals surface area contributed by atoms with Crippen LogP contribution in [0.2, 0.25) is 0 Å². The Hall–Kier alpha value is -2.78. The summed E-state index contributed by atoms with van der Waals surface area (Å²) in [4.78, 5) is 6.53. The van der Waals surface area contributed by atoms with Crippen molar-refractivity contribution in [2.24, 2.45) is 5.92 Å². The largest absolute Gasteiger partial charge is 0.479 e. The van der Waals surface area contributed by atoms with Gasteiger partial charge >= 0.3 is 0 Å². The van der Waals surface area contributed by atoms with E-state index in [1.807, 2.05) is 10.9 Å². The van der Waals surface area contributed by atoms with Crippen LogP contribution < -0.4 is 4.74 Å². The molecule has 8 nitrogen and oxygen atoms in total. The normalized spacial score (nSPS) is 18.8. The van der Waals surface area contributed by atoms with Gasteiger partial charge in [-0.1, -0.05) is 0 Å². The van der Waals surface area contributed by atoms with E-state index in [1.54, 1.807) is 6.20 Å². The second-order valence-electron chi connectivity index (χ2n) is 9.41.